The smallest absolute Gasteiger partial charge is 0.272 e. The van der Waals surface area contributed by atoms with Crippen LogP contribution in [0.4, 0.5) is 0 Å². The monoisotopic (exact) mass is 445 g/mol. The molecule has 0 radical (unpaired) electrons. The van der Waals surface area contributed by atoms with Gasteiger partial charge in [-0.25, -0.2) is 0 Å². The van der Waals surface area contributed by atoms with Crippen molar-refractivity contribution in [2.45, 2.75) is 30.7 Å². The molecule has 0 bridgehead atoms. The van der Waals surface area contributed by atoms with Crippen LogP contribution in [0.15, 0.2) is 48.5 Å². The van der Waals surface area contributed by atoms with E-state index in [1.54, 1.807) is 21.3 Å². The number of amides is 1. The number of fused-ring (bicyclic) bond motifs is 1. The molecule has 1 amide bonds. The molecule has 1 fully saturated rings. The molecule has 5 rings (SSSR count). The number of allylic oxidation sites excluding steroid dienone is 1. The van der Waals surface area contributed by atoms with Crippen molar-refractivity contribution in [1.82, 2.24) is 15.5 Å². The van der Waals surface area contributed by atoms with Gasteiger partial charge in [0, 0.05) is 34.7 Å². The fraction of sp³-hybridized carbons (Fsp3) is 0.308. The van der Waals surface area contributed by atoms with Gasteiger partial charge in [0.15, 0.2) is 17.2 Å². The van der Waals surface area contributed by atoms with Crippen LogP contribution in [0, 0.1) is 0 Å². The van der Waals surface area contributed by atoms with Crippen molar-refractivity contribution in [3.8, 4) is 17.2 Å². The predicted molar refractivity (Wildman–Crippen MR) is 125 cm³/mol. The van der Waals surface area contributed by atoms with E-state index in [2.05, 4.69) is 33.7 Å². The van der Waals surface area contributed by atoms with Gasteiger partial charge in [-0.1, -0.05) is 48.6 Å². The molecule has 170 valence electrons. The first-order valence-electron chi connectivity index (χ1n) is 11.0. The standard InChI is InChI=1S/C26H27N3O4/c1-31-21-12-11-19(23(32-2)24(21)33-3)26(16-7-5-4-6-8-16)14-13-18-20(15-26)28-29-22(18)25(30)27-17-9-10-17/h4-8,11-14,17H,9-10,15H2,1-3H3,(H,27,30)(H,28,29). The Balaban J connectivity index is 1.66. The molecule has 3 aromatic rings. The number of methoxy groups -OCH3 is 3. The minimum Gasteiger partial charge on any atom is -0.493 e. The molecule has 0 spiro atoms. The molecule has 1 aromatic heterocycles. The van der Waals surface area contributed by atoms with Gasteiger partial charge in [-0.15, -0.1) is 0 Å². The molecule has 1 heterocycles. The molecular weight excluding hydrogens is 418 g/mol. The van der Waals surface area contributed by atoms with Crippen molar-refractivity contribution >= 4 is 12.0 Å². The summed E-state index contributed by atoms with van der Waals surface area (Å²) in [6, 6.07) is 14.4. The Labute approximate surface area is 192 Å². The summed E-state index contributed by atoms with van der Waals surface area (Å²) < 4.78 is 17.0. The number of aromatic amines is 1. The van der Waals surface area contributed by atoms with Crippen molar-refractivity contribution in [3.63, 3.8) is 0 Å². The fourth-order valence-corrected chi connectivity index (χ4v) is 4.65. The number of H-pyrrole nitrogens is 1. The highest BCUT2D eigenvalue weighted by molar-refractivity contribution is 5.97. The Morgan fingerprint density at radius 3 is 2.45 bits per heavy atom. The summed E-state index contributed by atoms with van der Waals surface area (Å²) in [6.07, 6.45) is 6.78. The van der Waals surface area contributed by atoms with E-state index < -0.39 is 5.41 Å². The summed E-state index contributed by atoms with van der Waals surface area (Å²) in [4.78, 5) is 12.7. The van der Waals surface area contributed by atoms with E-state index in [9.17, 15) is 4.79 Å². The third-order valence-corrected chi connectivity index (χ3v) is 6.47. The van der Waals surface area contributed by atoms with Crippen LogP contribution in [0.1, 0.15) is 45.7 Å². The van der Waals surface area contributed by atoms with Gasteiger partial charge in [0.1, 0.15) is 0 Å². The summed E-state index contributed by atoms with van der Waals surface area (Å²) in [5.74, 6) is 1.62. The van der Waals surface area contributed by atoms with Gasteiger partial charge in [-0.3, -0.25) is 9.89 Å². The number of nitrogens with zero attached hydrogens (tertiary/aromatic N) is 1. The normalized spacial score (nSPS) is 19.0. The molecule has 2 aliphatic rings. The Bertz CT molecular complexity index is 1210. The van der Waals surface area contributed by atoms with E-state index in [1.165, 1.54) is 0 Å². The van der Waals surface area contributed by atoms with Crippen molar-refractivity contribution in [2.75, 3.05) is 21.3 Å². The third kappa shape index (κ3) is 3.53. The lowest BCUT2D eigenvalue weighted by Crippen LogP contribution is -2.32. The molecular formula is C26H27N3O4. The molecule has 2 N–H and O–H groups in total. The van der Waals surface area contributed by atoms with Crippen LogP contribution in [0.5, 0.6) is 17.2 Å². The highest BCUT2D eigenvalue weighted by Gasteiger charge is 2.40. The van der Waals surface area contributed by atoms with Crippen LogP contribution in [-0.4, -0.2) is 43.5 Å². The van der Waals surface area contributed by atoms with Crippen LogP contribution >= 0.6 is 0 Å². The maximum absolute atomic E-state index is 12.7. The van der Waals surface area contributed by atoms with Crippen molar-refractivity contribution in [2.24, 2.45) is 0 Å². The second-order valence-corrected chi connectivity index (χ2v) is 8.44. The van der Waals surface area contributed by atoms with Crippen molar-refractivity contribution in [3.05, 3.63) is 76.6 Å². The van der Waals surface area contributed by atoms with E-state index in [4.69, 9.17) is 14.2 Å². The van der Waals surface area contributed by atoms with Crippen LogP contribution in [0.2, 0.25) is 0 Å². The summed E-state index contributed by atoms with van der Waals surface area (Å²) in [5, 5.41) is 10.5. The Morgan fingerprint density at radius 2 is 1.79 bits per heavy atom. The van der Waals surface area contributed by atoms with Gasteiger partial charge in [0.05, 0.1) is 21.3 Å². The van der Waals surface area contributed by atoms with Gasteiger partial charge in [-0.2, -0.15) is 5.10 Å². The van der Waals surface area contributed by atoms with E-state index >= 15 is 0 Å². The highest BCUT2D eigenvalue weighted by Crippen LogP contribution is 2.50. The zero-order valence-corrected chi connectivity index (χ0v) is 19.0. The van der Waals surface area contributed by atoms with E-state index in [0.717, 1.165) is 35.2 Å². The van der Waals surface area contributed by atoms with Crippen molar-refractivity contribution in [1.29, 1.82) is 0 Å². The zero-order valence-electron chi connectivity index (χ0n) is 19.0. The average molecular weight is 446 g/mol. The van der Waals surface area contributed by atoms with Crippen LogP contribution in [-0.2, 0) is 11.8 Å². The fourth-order valence-electron chi connectivity index (χ4n) is 4.65. The second kappa shape index (κ2) is 8.31. The first-order valence-corrected chi connectivity index (χ1v) is 11.0. The van der Waals surface area contributed by atoms with Gasteiger partial charge >= 0.3 is 0 Å². The van der Waals surface area contributed by atoms with Crippen LogP contribution in [0.3, 0.4) is 0 Å². The number of hydrogen-bond acceptors (Lipinski definition) is 5. The second-order valence-electron chi connectivity index (χ2n) is 8.44. The number of benzene rings is 2. The molecule has 2 aromatic carbocycles. The Kier molecular flexibility index (Phi) is 5.32. The minimum atomic E-state index is -0.560. The molecule has 33 heavy (non-hydrogen) atoms. The van der Waals surface area contributed by atoms with Gasteiger partial charge < -0.3 is 19.5 Å². The van der Waals surface area contributed by atoms with Gasteiger partial charge in [0.2, 0.25) is 5.75 Å². The first-order chi connectivity index (χ1) is 16.1. The summed E-state index contributed by atoms with van der Waals surface area (Å²) >= 11 is 0. The maximum atomic E-state index is 12.7. The van der Waals surface area contributed by atoms with Crippen molar-refractivity contribution < 1.29 is 19.0 Å². The SMILES string of the molecule is COc1ccc(C2(c3ccccc3)C=Cc3c(C(=O)NC4CC4)n[nH]c3C2)c(OC)c1OC. The number of carbonyl (C=O) groups is 1. The number of hydrogen-bond donors (Lipinski definition) is 2. The number of ether oxygens (including phenoxy) is 3. The lowest BCUT2D eigenvalue weighted by molar-refractivity contribution is 0.0946. The molecule has 2 aliphatic carbocycles. The number of carbonyl (C=O) groups excluding carboxylic acids is 1. The van der Waals surface area contributed by atoms with Crippen LogP contribution in [0.25, 0.3) is 6.08 Å². The first kappa shape index (κ1) is 21.1. The van der Waals surface area contributed by atoms with Crippen LogP contribution < -0.4 is 19.5 Å². The van der Waals surface area contributed by atoms with E-state index in [-0.39, 0.29) is 11.9 Å². The Morgan fingerprint density at radius 1 is 1.03 bits per heavy atom. The quantitative estimate of drug-likeness (QED) is 0.576. The number of nitrogens with one attached hydrogen (secondary N) is 2. The zero-order chi connectivity index (χ0) is 23.0. The lowest BCUT2D eigenvalue weighted by atomic mass is 9.68. The van der Waals surface area contributed by atoms with Gasteiger partial charge in [0.25, 0.3) is 5.91 Å². The molecule has 1 saturated carbocycles. The summed E-state index contributed by atoms with van der Waals surface area (Å²) in [6.45, 7) is 0. The summed E-state index contributed by atoms with van der Waals surface area (Å²) in [5.41, 5.74) is 3.65. The Hall–Kier alpha value is -3.74. The molecule has 1 atom stereocenters. The molecule has 0 aliphatic heterocycles. The maximum Gasteiger partial charge on any atom is 0.272 e. The van der Waals surface area contributed by atoms with E-state index in [0.29, 0.717) is 29.4 Å². The lowest BCUT2D eigenvalue weighted by Gasteiger charge is -2.36. The predicted octanol–water partition coefficient (Wildman–Crippen LogP) is 3.88. The largest absolute Gasteiger partial charge is 0.493 e. The molecule has 0 saturated heterocycles. The third-order valence-electron chi connectivity index (χ3n) is 6.47. The average Bonchev–Trinajstić information content (AvgIpc) is 3.58. The number of aromatic nitrogens is 2. The minimum absolute atomic E-state index is 0.129. The summed E-state index contributed by atoms with van der Waals surface area (Å²) in [7, 11) is 4.84. The highest BCUT2D eigenvalue weighted by atomic mass is 16.5. The van der Waals surface area contributed by atoms with Gasteiger partial charge in [-0.05, 0) is 24.5 Å². The number of rotatable bonds is 7. The molecule has 7 heteroatoms. The van der Waals surface area contributed by atoms with E-state index in [1.807, 2.05) is 36.4 Å². The molecule has 1 unspecified atom stereocenters. The molecule has 7 nitrogen and oxygen atoms in total. The topological polar surface area (TPSA) is 85.5 Å².